The molecular formula is C29H37ClN4O2. The van der Waals surface area contributed by atoms with Crippen molar-refractivity contribution in [2.45, 2.75) is 64.3 Å². The van der Waals surface area contributed by atoms with Crippen molar-refractivity contribution in [3.05, 3.63) is 58.9 Å². The number of nitrogens with two attached hydrogens (primary N) is 1. The van der Waals surface area contributed by atoms with Crippen LogP contribution in [0.2, 0.25) is 5.02 Å². The molecule has 3 aliphatic rings. The van der Waals surface area contributed by atoms with Crippen molar-refractivity contribution in [1.82, 2.24) is 10.3 Å². The third-order valence-electron chi connectivity index (χ3n) is 8.99. The van der Waals surface area contributed by atoms with Gasteiger partial charge in [0.15, 0.2) is 0 Å². The summed E-state index contributed by atoms with van der Waals surface area (Å²) in [6.45, 7) is 4.86. The first kappa shape index (κ1) is 25.2. The Morgan fingerprint density at radius 1 is 1.19 bits per heavy atom. The van der Waals surface area contributed by atoms with Gasteiger partial charge >= 0.3 is 0 Å². The predicted molar refractivity (Wildman–Crippen MR) is 143 cm³/mol. The molecule has 4 N–H and O–H groups in total. The number of hydrogen-bond donors (Lipinski definition) is 3. The van der Waals surface area contributed by atoms with Crippen LogP contribution in [0, 0.1) is 29.1 Å². The molecule has 0 spiro atoms. The molecule has 0 saturated heterocycles. The summed E-state index contributed by atoms with van der Waals surface area (Å²) < 4.78 is 0. The number of carbonyl (C=O) groups excluding carboxylic acids is 2. The molecule has 0 radical (unpaired) electrons. The topological polar surface area (TPSA) is 97.1 Å². The van der Waals surface area contributed by atoms with Crippen LogP contribution >= 0.6 is 11.6 Å². The number of aromatic nitrogens is 1. The lowest BCUT2D eigenvalue weighted by Gasteiger charge is -2.51. The number of amides is 2. The standard InChI is InChI=1S/C29H37ClN4O2/c1-17-11-18-12-20(15-29(2,14-18)28(36)34-22-7-9-32-10-8-22)26(17)25(31)16-33-27(35)24-5-3-19-13-21(30)4-6-23(19)24/h4,6-10,13,17-18,20,24-26H,3,5,11-12,14-16,31H2,1-2H3,(H,33,35)(H,32,34,36). The molecule has 1 aromatic carbocycles. The van der Waals surface area contributed by atoms with Gasteiger partial charge in [-0.3, -0.25) is 14.6 Å². The number of rotatable bonds is 6. The molecule has 2 saturated carbocycles. The zero-order valence-electron chi connectivity index (χ0n) is 21.2. The predicted octanol–water partition coefficient (Wildman–Crippen LogP) is 4.93. The monoisotopic (exact) mass is 508 g/mol. The fourth-order valence-corrected chi connectivity index (χ4v) is 7.72. The summed E-state index contributed by atoms with van der Waals surface area (Å²) in [5.41, 5.74) is 9.40. The van der Waals surface area contributed by atoms with Gasteiger partial charge in [0.2, 0.25) is 11.8 Å². The maximum absolute atomic E-state index is 13.3. The number of nitrogens with one attached hydrogen (secondary N) is 2. The second-order valence-electron chi connectivity index (χ2n) is 11.7. The highest BCUT2D eigenvalue weighted by molar-refractivity contribution is 6.30. The Kier molecular flexibility index (Phi) is 7.10. The molecule has 7 unspecified atom stereocenters. The van der Waals surface area contributed by atoms with Gasteiger partial charge in [0.25, 0.3) is 0 Å². The normalized spacial score (nSPS) is 31.8. The largest absolute Gasteiger partial charge is 0.354 e. The van der Waals surface area contributed by atoms with E-state index in [1.165, 1.54) is 5.56 Å². The highest BCUT2D eigenvalue weighted by atomic mass is 35.5. The Morgan fingerprint density at radius 3 is 2.75 bits per heavy atom. The second-order valence-corrected chi connectivity index (χ2v) is 12.1. The van der Waals surface area contributed by atoms with Crippen LogP contribution in [0.1, 0.15) is 63.0 Å². The molecule has 6 nitrogen and oxygen atoms in total. The fraction of sp³-hybridized carbons (Fsp3) is 0.552. The minimum absolute atomic E-state index is 0.0538. The van der Waals surface area contributed by atoms with Crippen LogP contribution in [-0.2, 0) is 16.0 Å². The van der Waals surface area contributed by atoms with E-state index in [4.69, 9.17) is 17.3 Å². The molecular weight excluding hydrogens is 472 g/mol. The molecule has 7 heteroatoms. The summed E-state index contributed by atoms with van der Waals surface area (Å²) in [5.74, 6) is 1.67. The van der Waals surface area contributed by atoms with Crippen LogP contribution in [-0.4, -0.2) is 29.4 Å². The molecule has 2 bridgehead atoms. The lowest BCUT2D eigenvalue weighted by Crippen LogP contribution is -2.53. The first-order chi connectivity index (χ1) is 17.2. The summed E-state index contributed by atoms with van der Waals surface area (Å²) in [4.78, 5) is 30.5. The SMILES string of the molecule is CC1CC2CC(CC(C)(C(=O)Nc3ccncc3)C2)C1C(N)CNC(=O)C1CCc2cc(Cl)ccc21. The van der Waals surface area contributed by atoms with Gasteiger partial charge in [-0.15, -0.1) is 0 Å². The number of fused-ring (bicyclic) bond motifs is 3. The number of pyridine rings is 1. The first-order valence-electron chi connectivity index (χ1n) is 13.3. The third-order valence-corrected chi connectivity index (χ3v) is 9.22. The first-order valence-corrected chi connectivity index (χ1v) is 13.6. The highest BCUT2D eigenvalue weighted by Crippen LogP contribution is 2.53. The summed E-state index contributed by atoms with van der Waals surface area (Å²) in [7, 11) is 0. The van der Waals surface area contributed by atoms with Crippen LogP contribution in [0.15, 0.2) is 42.7 Å². The van der Waals surface area contributed by atoms with Gasteiger partial charge in [-0.25, -0.2) is 0 Å². The Balaban J connectivity index is 1.22. The van der Waals surface area contributed by atoms with Gasteiger partial charge < -0.3 is 16.4 Å². The number of benzene rings is 1. The minimum atomic E-state index is -0.424. The van der Waals surface area contributed by atoms with Crippen molar-refractivity contribution >= 4 is 29.1 Å². The second kappa shape index (κ2) is 10.1. The summed E-state index contributed by atoms with van der Waals surface area (Å²) in [6.07, 6.45) is 9.01. The number of halogens is 1. The lowest BCUT2D eigenvalue weighted by molar-refractivity contribution is -0.131. The molecule has 2 fully saturated rings. The third kappa shape index (κ3) is 5.03. The molecule has 192 valence electrons. The van der Waals surface area contributed by atoms with Crippen molar-refractivity contribution in [3.8, 4) is 0 Å². The van der Waals surface area contributed by atoms with Crippen molar-refractivity contribution in [3.63, 3.8) is 0 Å². The van der Waals surface area contributed by atoms with Gasteiger partial charge in [-0.1, -0.05) is 31.5 Å². The Bertz CT molecular complexity index is 1120. The molecule has 7 atom stereocenters. The molecule has 5 rings (SSSR count). The van der Waals surface area contributed by atoms with E-state index in [9.17, 15) is 9.59 Å². The molecule has 36 heavy (non-hydrogen) atoms. The van der Waals surface area contributed by atoms with Gasteiger partial charge in [0.05, 0.1) is 5.92 Å². The van der Waals surface area contributed by atoms with E-state index < -0.39 is 5.41 Å². The van der Waals surface area contributed by atoms with Crippen LogP contribution in [0.25, 0.3) is 0 Å². The molecule has 0 aliphatic heterocycles. The van der Waals surface area contributed by atoms with Crippen molar-refractivity contribution in [2.75, 3.05) is 11.9 Å². The van der Waals surface area contributed by atoms with E-state index in [0.717, 1.165) is 54.8 Å². The summed E-state index contributed by atoms with van der Waals surface area (Å²) >= 11 is 6.13. The van der Waals surface area contributed by atoms with E-state index in [1.807, 2.05) is 30.3 Å². The van der Waals surface area contributed by atoms with Gasteiger partial charge in [0.1, 0.15) is 0 Å². The lowest BCUT2D eigenvalue weighted by atomic mass is 9.54. The van der Waals surface area contributed by atoms with Gasteiger partial charge in [0, 0.05) is 41.1 Å². The van der Waals surface area contributed by atoms with Crippen molar-refractivity contribution < 1.29 is 9.59 Å². The van der Waals surface area contributed by atoms with Crippen LogP contribution in [0.3, 0.4) is 0 Å². The van der Waals surface area contributed by atoms with Crippen LogP contribution < -0.4 is 16.4 Å². The summed E-state index contributed by atoms with van der Waals surface area (Å²) in [6, 6.07) is 9.34. The van der Waals surface area contributed by atoms with Crippen LogP contribution in [0.4, 0.5) is 5.69 Å². The van der Waals surface area contributed by atoms with E-state index in [0.29, 0.717) is 24.3 Å². The zero-order valence-corrected chi connectivity index (χ0v) is 21.9. The zero-order chi connectivity index (χ0) is 25.4. The summed E-state index contributed by atoms with van der Waals surface area (Å²) in [5, 5.41) is 6.99. The average Bonchev–Trinajstić information content (AvgIpc) is 3.25. The number of anilines is 1. The molecule has 1 heterocycles. The van der Waals surface area contributed by atoms with E-state index in [1.54, 1.807) is 12.4 Å². The van der Waals surface area contributed by atoms with E-state index in [2.05, 4.69) is 29.5 Å². The minimum Gasteiger partial charge on any atom is -0.354 e. The maximum Gasteiger partial charge on any atom is 0.230 e. The molecule has 3 aliphatic carbocycles. The van der Waals surface area contributed by atoms with Crippen molar-refractivity contribution in [2.24, 2.45) is 34.8 Å². The average molecular weight is 509 g/mol. The fourth-order valence-electron chi connectivity index (χ4n) is 7.52. The van der Waals surface area contributed by atoms with Crippen LogP contribution in [0.5, 0.6) is 0 Å². The van der Waals surface area contributed by atoms with E-state index in [-0.39, 0.29) is 29.7 Å². The molecule has 2 amide bonds. The van der Waals surface area contributed by atoms with E-state index >= 15 is 0 Å². The quantitative estimate of drug-likeness (QED) is 0.515. The number of carbonyl (C=O) groups is 2. The maximum atomic E-state index is 13.3. The molecule has 1 aromatic heterocycles. The van der Waals surface area contributed by atoms with Crippen molar-refractivity contribution in [1.29, 1.82) is 0 Å². The Hall–Kier alpha value is -2.44. The number of hydrogen-bond acceptors (Lipinski definition) is 4. The number of nitrogens with zero attached hydrogens (tertiary/aromatic N) is 1. The smallest absolute Gasteiger partial charge is 0.230 e. The Labute approximate surface area is 218 Å². The Morgan fingerprint density at radius 2 is 1.97 bits per heavy atom. The molecule has 2 aromatic rings. The highest BCUT2D eigenvalue weighted by Gasteiger charge is 2.50. The number of aryl methyl sites for hydroxylation is 1. The van der Waals surface area contributed by atoms with Gasteiger partial charge in [-0.2, -0.15) is 0 Å². The van der Waals surface area contributed by atoms with Gasteiger partial charge in [-0.05, 0) is 97.6 Å².